The lowest BCUT2D eigenvalue weighted by Crippen LogP contribution is -2.43. The molecule has 0 atom stereocenters. The van der Waals surface area contributed by atoms with Crippen molar-refractivity contribution in [2.24, 2.45) is 0 Å². The number of rotatable bonds is 13. The van der Waals surface area contributed by atoms with Crippen LogP contribution in [-0.2, 0) is 29.1 Å². The van der Waals surface area contributed by atoms with Gasteiger partial charge in [-0.1, -0.05) is 74.0 Å². The summed E-state index contributed by atoms with van der Waals surface area (Å²) < 4.78 is 0. The van der Waals surface area contributed by atoms with Crippen molar-refractivity contribution in [3.05, 3.63) is 102 Å². The van der Waals surface area contributed by atoms with E-state index in [9.17, 15) is 9.59 Å². The van der Waals surface area contributed by atoms with Crippen LogP contribution in [0.4, 0.5) is 5.69 Å². The van der Waals surface area contributed by atoms with Crippen molar-refractivity contribution in [1.82, 2.24) is 14.8 Å². The Morgan fingerprint density at radius 2 is 1.44 bits per heavy atom. The third-order valence-electron chi connectivity index (χ3n) is 7.14. The summed E-state index contributed by atoms with van der Waals surface area (Å²) in [4.78, 5) is 36.0. The number of unbranched alkanes of at least 4 members (excludes halogenated alkanes) is 1. The van der Waals surface area contributed by atoms with Gasteiger partial charge in [0.1, 0.15) is 6.54 Å². The molecule has 0 spiro atoms. The zero-order valence-corrected chi connectivity index (χ0v) is 23.4. The average Bonchev–Trinajstić information content (AvgIpc) is 3.37. The molecule has 6 heteroatoms. The first-order valence-corrected chi connectivity index (χ1v) is 13.9. The average molecular weight is 525 g/mol. The van der Waals surface area contributed by atoms with Gasteiger partial charge in [-0.05, 0) is 47.7 Å². The van der Waals surface area contributed by atoms with Crippen LogP contribution >= 0.6 is 0 Å². The van der Waals surface area contributed by atoms with Crippen LogP contribution in [0.15, 0.2) is 85.1 Å². The maximum atomic E-state index is 13.8. The fourth-order valence-corrected chi connectivity index (χ4v) is 4.79. The van der Waals surface area contributed by atoms with E-state index in [1.807, 2.05) is 67.7 Å². The van der Waals surface area contributed by atoms with Gasteiger partial charge in [-0.15, -0.1) is 0 Å². The van der Waals surface area contributed by atoms with Crippen LogP contribution in [0.1, 0.15) is 42.9 Å². The van der Waals surface area contributed by atoms with Crippen molar-refractivity contribution in [2.75, 3.05) is 32.1 Å². The van der Waals surface area contributed by atoms with E-state index in [1.165, 1.54) is 10.9 Å². The van der Waals surface area contributed by atoms with Crippen molar-refractivity contribution in [3.8, 4) is 0 Å². The van der Waals surface area contributed by atoms with Gasteiger partial charge in [0.15, 0.2) is 0 Å². The summed E-state index contributed by atoms with van der Waals surface area (Å²) in [5, 5.41) is 1.18. The Hall–Kier alpha value is -4.06. The fraction of sp³-hybridized carbons (Fsp3) is 0.333. The minimum atomic E-state index is -0.0349. The molecular weight excluding hydrogens is 484 g/mol. The molecule has 0 radical (unpaired) electrons. The largest absolute Gasteiger partial charge is 0.378 e. The Balaban J connectivity index is 1.54. The zero-order valence-electron chi connectivity index (χ0n) is 23.4. The van der Waals surface area contributed by atoms with Crippen molar-refractivity contribution in [3.63, 3.8) is 0 Å². The molecule has 0 fully saturated rings. The smallest absolute Gasteiger partial charge is 0.242 e. The zero-order chi connectivity index (χ0) is 27.6. The van der Waals surface area contributed by atoms with E-state index in [4.69, 9.17) is 0 Å². The number of carbonyl (C=O) groups excluding carboxylic acids is 2. The van der Waals surface area contributed by atoms with Crippen molar-refractivity contribution in [1.29, 1.82) is 0 Å². The lowest BCUT2D eigenvalue weighted by Gasteiger charge is -2.28. The number of carbonyl (C=O) groups is 2. The summed E-state index contributed by atoms with van der Waals surface area (Å²) in [6.07, 6.45) is 4.99. The molecular formula is C33H40N4O2. The number of anilines is 1. The fourth-order valence-electron chi connectivity index (χ4n) is 4.79. The molecule has 1 N–H and O–H groups in total. The minimum Gasteiger partial charge on any atom is -0.378 e. The number of hydrogen-bond acceptors (Lipinski definition) is 3. The van der Waals surface area contributed by atoms with E-state index < -0.39 is 0 Å². The predicted molar refractivity (Wildman–Crippen MR) is 160 cm³/mol. The van der Waals surface area contributed by atoms with Gasteiger partial charge < -0.3 is 19.7 Å². The first-order valence-electron chi connectivity index (χ1n) is 13.9. The summed E-state index contributed by atoms with van der Waals surface area (Å²) in [7, 11) is 4.03. The minimum absolute atomic E-state index is 0.0287. The SMILES string of the molecule is CCCCC(=O)N(CC(=O)N(CCc1c[nH]c2ccccc12)Cc1ccc(N(C)C)cc1)Cc1ccccc1. The third kappa shape index (κ3) is 7.73. The maximum Gasteiger partial charge on any atom is 0.242 e. The van der Waals surface area contributed by atoms with Crippen LogP contribution in [0, 0.1) is 0 Å². The lowest BCUT2D eigenvalue weighted by molar-refractivity contribution is -0.141. The van der Waals surface area contributed by atoms with E-state index >= 15 is 0 Å². The number of para-hydroxylation sites is 1. The molecule has 39 heavy (non-hydrogen) atoms. The van der Waals surface area contributed by atoms with Gasteiger partial charge in [0.05, 0.1) is 0 Å². The van der Waals surface area contributed by atoms with Crippen molar-refractivity contribution in [2.45, 2.75) is 45.7 Å². The van der Waals surface area contributed by atoms with Gasteiger partial charge in [-0.25, -0.2) is 0 Å². The highest BCUT2D eigenvalue weighted by Gasteiger charge is 2.22. The number of nitrogens with one attached hydrogen (secondary N) is 1. The Kier molecular flexibility index (Phi) is 9.79. The Labute approximate surface area is 232 Å². The summed E-state index contributed by atoms with van der Waals surface area (Å²) >= 11 is 0. The molecule has 0 aliphatic heterocycles. The normalized spacial score (nSPS) is 10.9. The quantitative estimate of drug-likeness (QED) is 0.233. The monoisotopic (exact) mass is 524 g/mol. The van der Waals surface area contributed by atoms with Gasteiger partial charge in [-0.2, -0.15) is 0 Å². The highest BCUT2D eigenvalue weighted by Crippen LogP contribution is 2.20. The second-order valence-corrected chi connectivity index (χ2v) is 10.3. The highest BCUT2D eigenvalue weighted by atomic mass is 16.2. The number of H-pyrrole nitrogens is 1. The Bertz CT molecular complexity index is 1350. The number of hydrogen-bond donors (Lipinski definition) is 1. The van der Waals surface area contributed by atoms with E-state index in [0.717, 1.165) is 41.6 Å². The van der Waals surface area contributed by atoms with Crippen LogP contribution in [0.2, 0.25) is 0 Å². The van der Waals surface area contributed by atoms with Gasteiger partial charge in [-0.3, -0.25) is 9.59 Å². The third-order valence-corrected chi connectivity index (χ3v) is 7.14. The molecule has 6 nitrogen and oxygen atoms in total. The first kappa shape index (κ1) is 28.0. The number of nitrogens with zero attached hydrogens (tertiary/aromatic N) is 3. The topological polar surface area (TPSA) is 59.7 Å². The molecule has 0 saturated heterocycles. The maximum absolute atomic E-state index is 13.8. The Morgan fingerprint density at radius 3 is 2.15 bits per heavy atom. The summed E-state index contributed by atoms with van der Waals surface area (Å²) in [5.74, 6) is -0.00623. The molecule has 4 aromatic rings. The van der Waals surface area contributed by atoms with Crippen LogP contribution in [0.25, 0.3) is 10.9 Å². The lowest BCUT2D eigenvalue weighted by atomic mass is 10.1. The van der Waals surface area contributed by atoms with Gasteiger partial charge in [0, 0.05) is 62.9 Å². The molecule has 0 unspecified atom stereocenters. The number of amides is 2. The molecule has 2 amide bonds. The first-order chi connectivity index (χ1) is 18.9. The van der Waals surface area contributed by atoms with E-state index in [0.29, 0.717) is 26.1 Å². The molecule has 0 aliphatic rings. The molecule has 1 heterocycles. The van der Waals surface area contributed by atoms with Gasteiger partial charge in [0.25, 0.3) is 0 Å². The van der Waals surface area contributed by atoms with E-state index in [2.05, 4.69) is 53.2 Å². The molecule has 0 aliphatic carbocycles. The van der Waals surface area contributed by atoms with E-state index in [1.54, 1.807) is 4.90 Å². The van der Waals surface area contributed by atoms with Crippen LogP contribution in [0.5, 0.6) is 0 Å². The van der Waals surface area contributed by atoms with Gasteiger partial charge in [0.2, 0.25) is 11.8 Å². The number of benzene rings is 3. The molecule has 204 valence electrons. The molecule has 0 bridgehead atoms. The van der Waals surface area contributed by atoms with Crippen LogP contribution < -0.4 is 4.90 Å². The van der Waals surface area contributed by atoms with Crippen LogP contribution in [-0.4, -0.2) is 53.8 Å². The molecule has 0 saturated carbocycles. The number of aromatic nitrogens is 1. The predicted octanol–water partition coefficient (Wildman–Crippen LogP) is 6.02. The highest BCUT2D eigenvalue weighted by molar-refractivity contribution is 5.85. The number of aromatic amines is 1. The second kappa shape index (κ2) is 13.7. The second-order valence-electron chi connectivity index (χ2n) is 10.3. The van der Waals surface area contributed by atoms with E-state index in [-0.39, 0.29) is 18.4 Å². The summed E-state index contributed by atoms with van der Waals surface area (Å²) in [5.41, 5.74) is 5.50. The Morgan fingerprint density at radius 1 is 0.769 bits per heavy atom. The van der Waals surface area contributed by atoms with Crippen molar-refractivity contribution >= 4 is 28.4 Å². The summed E-state index contributed by atoms with van der Waals surface area (Å²) in [6.45, 7) is 3.65. The molecule has 4 rings (SSSR count). The van der Waals surface area contributed by atoms with Gasteiger partial charge >= 0.3 is 0 Å². The van der Waals surface area contributed by atoms with Crippen LogP contribution in [0.3, 0.4) is 0 Å². The van der Waals surface area contributed by atoms with Crippen molar-refractivity contribution < 1.29 is 9.59 Å². The number of fused-ring (bicyclic) bond motifs is 1. The molecule has 3 aromatic carbocycles. The standard InChI is InChI=1S/C33H40N4O2/c1-4-5-15-32(38)37(24-26-11-7-6-8-12-26)25-33(39)36(23-27-16-18-29(19-17-27)35(2)3)21-20-28-22-34-31-14-10-9-13-30(28)31/h6-14,16-19,22,34H,4-5,15,20-21,23-25H2,1-3H3. The molecule has 1 aromatic heterocycles. The summed E-state index contributed by atoms with van der Waals surface area (Å²) in [6, 6.07) is 26.5.